The Labute approximate surface area is 124 Å². The molecule has 0 radical (unpaired) electrons. The summed E-state index contributed by atoms with van der Waals surface area (Å²) in [6, 6.07) is 13.5. The van der Waals surface area contributed by atoms with E-state index in [1.807, 2.05) is 49.4 Å². The van der Waals surface area contributed by atoms with Gasteiger partial charge in [-0.2, -0.15) is 0 Å². The van der Waals surface area contributed by atoms with Crippen LogP contribution in [-0.2, 0) is 11.3 Å². The van der Waals surface area contributed by atoms with Crippen LogP contribution in [0.25, 0.3) is 0 Å². The highest BCUT2D eigenvalue weighted by atomic mass is 35.5. The number of benzene rings is 2. The molecule has 20 heavy (non-hydrogen) atoms. The fraction of sp³-hybridized carbons (Fsp3) is 0.188. The third-order valence-electron chi connectivity index (χ3n) is 2.99. The molecule has 0 saturated carbocycles. The molecule has 2 rings (SSSR count). The number of para-hydroxylation sites is 1. The van der Waals surface area contributed by atoms with Crippen molar-refractivity contribution in [3.8, 4) is 0 Å². The lowest BCUT2D eigenvalue weighted by molar-refractivity contribution is -0.114. The first-order valence-corrected chi connectivity index (χ1v) is 6.79. The molecular formula is C16H17ClN2O. The van der Waals surface area contributed by atoms with Crippen LogP contribution in [0.5, 0.6) is 0 Å². The molecule has 0 aliphatic carbocycles. The average molecular weight is 289 g/mol. The van der Waals surface area contributed by atoms with Gasteiger partial charge in [0.15, 0.2) is 0 Å². The van der Waals surface area contributed by atoms with Crippen molar-refractivity contribution in [3.63, 3.8) is 0 Å². The van der Waals surface area contributed by atoms with Crippen LogP contribution in [0.15, 0.2) is 42.5 Å². The van der Waals surface area contributed by atoms with Gasteiger partial charge in [-0.05, 0) is 42.3 Å². The first-order chi connectivity index (χ1) is 9.56. The number of nitrogens with one attached hydrogen (secondary N) is 2. The van der Waals surface area contributed by atoms with E-state index in [-0.39, 0.29) is 5.91 Å². The molecule has 104 valence electrons. The minimum absolute atomic E-state index is 0.0693. The molecular weight excluding hydrogens is 272 g/mol. The number of anilines is 2. The van der Waals surface area contributed by atoms with E-state index >= 15 is 0 Å². The van der Waals surface area contributed by atoms with Crippen LogP contribution < -0.4 is 10.6 Å². The highest BCUT2D eigenvalue weighted by molar-refractivity contribution is 6.30. The molecule has 0 aliphatic heterocycles. The Morgan fingerprint density at radius 1 is 1.15 bits per heavy atom. The van der Waals surface area contributed by atoms with E-state index in [9.17, 15) is 4.79 Å². The average Bonchev–Trinajstić information content (AvgIpc) is 2.39. The fourth-order valence-electron chi connectivity index (χ4n) is 2.00. The number of carbonyl (C=O) groups excluding carboxylic acids is 1. The summed E-state index contributed by atoms with van der Waals surface area (Å²) in [6.45, 7) is 4.15. The SMILES string of the molecule is CC(=O)Nc1ccccc1CNc1ccc(Cl)cc1C. The zero-order valence-electron chi connectivity index (χ0n) is 11.5. The molecule has 0 aromatic heterocycles. The lowest BCUT2D eigenvalue weighted by Crippen LogP contribution is -2.10. The Morgan fingerprint density at radius 2 is 1.90 bits per heavy atom. The number of rotatable bonds is 4. The van der Waals surface area contributed by atoms with E-state index < -0.39 is 0 Å². The van der Waals surface area contributed by atoms with Crippen molar-refractivity contribution in [1.29, 1.82) is 0 Å². The number of aryl methyl sites for hydroxylation is 1. The van der Waals surface area contributed by atoms with Crippen molar-refractivity contribution in [3.05, 3.63) is 58.6 Å². The normalized spacial score (nSPS) is 10.2. The number of amides is 1. The standard InChI is InChI=1S/C16H17ClN2O/c1-11-9-14(17)7-8-15(11)18-10-13-5-3-4-6-16(13)19-12(2)20/h3-9,18H,10H2,1-2H3,(H,19,20). The van der Waals surface area contributed by atoms with Crippen molar-refractivity contribution in [2.75, 3.05) is 10.6 Å². The summed E-state index contributed by atoms with van der Waals surface area (Å²) < 4.78 is 0. The topological polar surface area (TPSA) is 41.1 Å². The third kappa shape index (κ3) is 3.75. The minimum atomic E-state index is -0.0693. The number of hydrogen-bond acceptors (Lipinski definition) is 2. The first kappa shape index (κ1) is 14.4. The van der Waals surface area contributed by atoms with Crippen molar-refractivity contribution in [1.82, 2.24) is 0 Å². The molecule has 0 unspecified atom stereocenters. The first-order valence-electron chi connectivity index (χ1n) is 6.42. The van der Waals surface area contributed by atoms with Gasteiger partial charge in [0.1, 0.15) is 0 Å². The van der Waals surface area contributed by atoms with Gasteiger partial charge in [-0.1, -0.05) is 29.8 Å². The van der Waals surface area contributed by atoms with Crippen LogP contribution in [-0.4, -0.2) is 5.91 Å². The fourth-order valence-corrected chi connectivity index (χ4v) is 2.23. The van der Waals surface area contributed by atoms with E-state index in [0.29, 0.717) is 6.54 Å². The van der Waals surface area contributed by atoms with E-state index in [2.05, 4.69) is 10.6 Å². The van der Waals surface area contributed by atoms with Crippen molar-refractivity contribution in [2.45, 2.75) is 20.4 Å². The number of halogens is 1. The summed E-state index contributed by atoms with van der Waals surface area (Å²) in [4.78, 5) is 11.2. The molecule has 0 bridgehead atoms. The molecule has 4 heteroatoms. The van der Waals surface area contributed by atoms with Gasteiger partial charge in [0, 0.05) is 29.9 Å². The molecule has 0 fully saturated rings. The minimum Gasteiger partial charge on any atom is -0.381 e. The van der Waals surface area contributed by atoms with Crippen LogP contribution in [0.2, 0.25) is 5.02 Å². The Balaban J connectivity index is 2.12. The molecule has 0 spiro atoms. The van der Waals surface area contributed by atoms with Crippen molar-refractivity contribution < 1.29 is 4.79 Å². The molecule has 2 aromatic rings. The summed E-state index contributed by atoms with van der Waals surface area (Å²) in [5.41, 5.74) is 4.00. The summed E-state index contributed by atoms with van der Waals surface area (Å²) in [5, 5.41) is 6.92. The van der Waals surface area contributed by atoms with Crippen LogP contribution in [0.4, 0.5) is 11.4 Å². The Morgan fingerprint density at radius 3 is 2.60 bits per heavy atom. The second-order valence-electron chi connectivity index (χ2n) is 4.65. The van der Waals surface area contributed by atoms with Gasteiger partial charge in [-0.25, -0.2) is 0 Å². The monoisotopic (exact) mass is 288 g/mol. The van der Waals surface area contributed by atoms with Gasteiger partial charge < -0.3 is 10.6 Å². The molecule has 0 heterocycles. The van der Waals surface area contributed by atoms with Crippen LogP contribution in [0.3, 0.4) is 0 Å². The zero-order chi connectivity index (χ0) is 14.5. The van der Waals surface area contributed by atoms with Gasteiger partial charge in [0.25, 0.3) is 0 Å². The molecule has 1 amide bonds. The Hall–Kier alpha value is -2.00. The molecule has 2 aromatic carbocycles. The molecule has 3 nitrogen and oxygen atoms in total. The second kappa shape index (κ2) is 6.44. The quantitative estimate of drug-likeness (QED) is 0.884. The summed E-state index contributed by atoms with van der Waals surface area (Å²) >= 11 is 5.94. The van der Waals surface area contributed by atoms with Gasteiger partial charge in [-0.15, -0.1) is 0 Å². The highest BCUT2D eigenvalue weighted by Gasteiger charge is 2.04. The Bertz CT molecular complexity index is 626. The van der Waals surface area contributed by atoms with Crippen LogP contribution in [0, 0.1) is 6.92 Å². The molecule has 0 atom stereocenters. The predicted octanol–water partition coefficient (Wildman–Crippen LogP) is 4.22. The number of carbonyl (C=O) groups is 1. The molecule has 0 aliphatic rings. The van der Waals surface area contributed by atoms with Crippen molar-refractivity contribution in [2.24, 2.45) is 0 Å². The maximum atomic E-state index is 11.2. The lowest BCUT2D eigenvalue weighted by Gasteiger charge is -2.13. The zero-order valence-corrected chi connectivity index (χ0v) is 12.3. The molecule has 0 saturated heterocycles. The van der Waals surface area contributed by atoms with E-state index in [1.54, 1.807) is 0 Å². The summed E-state index contributed by atoms with van der Waals surface area (Å²) in [6.07, 6.45) is 0. The van der Waals surface area contributed by atoms with Crippen LogP contribution >= 0.6 is 11.6 Å². The third-order valence-corrected chi connectivity index (χ3v) is 3.22. The molecule has 2 N–H and O–H groups in total. The smallest absolute Gasteiger partial charge is 0.221 e. The largest absolute Gasteiger partial charge is 0.381 e. The lowest BCUT2D eigenvalue weighted by atomic mass is 10.1. The summed E-state index contributed by atoms with van der Waals surface area (Å²) in [7, 11) is 0. The maximum absolute atomic E-state index is 11.2. The second-order valence-corrected chi connectivity index (χ2v) is 5.09. The van der Waals surface area contributed by atoms with E-state index in [4.69, 9.17) is 11.6 Å². The predicted molar refractivity (Wildman–Crippen MR) is 84.3 cm³/mol. The number of hydrogen-bond donors (Lipinski definition) is 2. The van der Waals surface area contributed by atoms with Gasteiger partial charge in [-0.3, -0.25) is 4.79 Å². The van der Waals surface area contributed by atoms with E-state index in [0.717, 1.165) is 27.5 Å². The van der Waals surface area contributed by atoms with E-state index in [1.165, 1.54) is 6.92 Å². The summed E-state index contributed by atoms with van der Waals surface area (Å²) in [5.74, 6) is -0.0693. The van der Waals surface area contributed by atoms with Crippen LogP contribution in [0.1, 0.15) is 18.1 Å². The highest BCUT2D eigenvalue weighted by Crippen LogP contribution is 2.22. The van der Waals surface area contributed by atoms with Gasteiger partial charge in [0.05, 0.1) is 0 Å². The van der Waals surface area contributed by atoms with Gasteiger partial charge in [0.2, 0.25) is 5.91 Å². The van der Waals surface area contributed by atoms with Gasteiger partial charge >= 0.3 is 0 Å². The van der Waals surface area contributed by atoms with Crippen molar-refractivity contribution >= 4 is 28.9 Å². The maximum Gasteiger partial charge on any atom is 0.221 e. The Kier molecular flexibility index (Phi) is 4.64.